The molecule has 3 rings (SSSR count). The van der Waals surface area contributed by atoms with Crippen molar-refractivity contribution in [2.24, 2.45) is 0 Å². The molecule has 1 aromatic carbocycles. The number of anilines is 1. The molecule has 1 N–H and O–H groups in total. The van der Waals surface area contributed by atoms with Crippen LogP contribution in [0.5, 0.6) is 0 Å². The molecule has 7 nitrogen and oxygen atoms in total. The fourth-order valence-electron chi connectivity index (χ4n) is 2.90. The number of hydrogen-bond donors (Lipinski definition) is 1. The summed E-state index contributed by atoms with van der Waals surface area (Å²) in [4.78, 5) is 26.3. The van der Waals surface area contributed by atoms with Gasteiger partial charge in [0.15, 0.2) is 10.8 Å². The quantitative estimate of drug-likeness (QED) is 0.494. The van der Waals surface area contributed by atoms with Crippen molar-refractivity contribution in [3.05, 3.63) is 52.7 Å². The summed E-state index contributed by atoms with van der Waals surface area (Å²) in [6.45, 7) is 4.98. The smallest absolute Gasteiger partial charge is 0.339 e. The fourth-order valence-corrected chi connectivity index (χ4v) is 3.86. The number of aromatic nitrogens is 3. The number of benzene rings is 1. The molecule has 2 amide bonds. The average molecular weight is 486 g/mol. The summed E-state index contributed by atoms with van der Waals surface area (Å²) >= 11 is 6.81. The lowest BCUT2D eigenvalue weighted by atomic mass is 10.2. The van der Waals surface area contributed by atoms with E-state index in [-0.39, 0.29) is 27.5 Å². The van der Waals surface area contributed by atoms with E-state index in [1.165, 1.54) is 0 Å². The number of pyridine rings is 1. The second-order valence-electron chi connectivity index (χ2n) is 6.64. The van der Waals surface area contributed by atoms with Crippen molar-refractivity contribution in [3.8, 4) is 0 Å². The number of nitrogens with zero attached hydrogens (tertiary/aromatic N) is 4. The first-order valence-electron chi connectivity index (χ1n) is 9.57. The minimum atomic E-state index is -4.58. The minimum Gasteiger partial charge on any atom is -0.339 e. The highest BCUT2D eigenvalue weighted by Gasteiger charge is 2.32. The number of thioether (sulfide) groups is 1. The number of rotatable bonds is 7. The Balaban J connectivity index is 1.66. The number of amides is 2. The Kier molecular flexibility index (Phi) is 7.29. The predicted octanol–water partition coefficient (Wildman–Crippen LogP) is 4.61. The van der Waals surface area contributed by atoms with Gasteiger partial charge in [-0.15, -0.1) is 10.2 Å². The van der Waals surface area contributed by atoms with Crippen molar-refractivity contribution >= 4 is 46.5 Å². The lowest BCUT2D eigenvalue weighted by Gasteiger charge is -2.18. The molecule has 0 fully saturated rings. The summed E-state index contributed by atoms with van der Waals surface area (Å²) in [6, 6.07) is 7.25. The average Bonchev–Trinajstić information content (AvgIpc) is 3.16. The standard InChI is InChI=1S/C20H19ClF3N5O2S/c1-3-28(4-2)18(31)12-5-7-14(8-6-12)25-16(30)11-32-19-27-26-17-15(21)9-13(10-29(17)19)20(22,23)24/h5-10H,3-4,11H2,1-2H3,(H,25,30). The summed E-state index contributed by atoms with van der Waals surface area (Å²) in [5, 5.41) is 10.2. The van der Waals surface area contributed by atoms with Crippen molar-refractivity contribution in [1.82, 2.24) is 19.5 Å². The van der Waals surface area contributed by atoms with Crippen LogP contribution < -0.4 is 5.32 Å². The van der Waals surface area contributed by atoms with Crippen LogP contribution in [0.25, 0.3) is 5.65 Å². The maximum absolute atomic E-state index is 13.0. The number of hydrogen-bond acceptors (Lipinski definition) is 5. The first kappa shape index (κ1) is 23.9. The Morgan fingerprint density at radius 2 is 1.81 bits per heavy atom. The highest BCUT2D eigenvalue weighted by Crippen LogP contribution is 2.33. The zero-order valence-electron chi connectivity index (χ0n) is 17.1. The van der Waals surface area contributed by atoms with Crippen LogP contribution in [-0.2, 0) is 11.0 Å². The van der Waals surface area contributed by atoms with Gasteiger partial charge >= 0.3 is 6.18 Å². The minimum absolute atomic E-state index is 0.0658. The third-order valence-corrected chi connectivity index (χ3v) is 5.78. The third kappa shape index (κ3) is 5.33. The summed E-state index contributed by atoms with van der Waals surface area (Å²) in [5.41, 5.74) is 0.116. The molecule has 2 heterocycles. The SMILES string of the molecule is CCN(CC)C(=O)c1ccc(NC(=O)CSc2nnc3c(Cl)cc(C(F)(F)F)cn23)cc1. The van der Waals surface area contributed by atoms with Gasteiger partial charge in [0, 0.05) is 30.5 Å². The number of alkyl halides is 3. The first-order valence-corrected chi connectivity index (χ1v) is 10.9. The molecule has 0 aliphatic heterocycles. The van der Waals surface area contributed by atoms with Gasteiger partial charge in [-0.1, -0.05) is 23.4 Å². The zero-order valence-corrected chi connectivity index (χ0v) is 18.7. The lowest BCUT2D eigenvalue weighted by molar-refractivity contribution is -0.137. The van der Waals surface area contributed by atoms with Gasteiger partial charge in [0.1, 0.15) is 0 Å². The molecule has 0 saturated carbocycles. The molecule has 170 valence electrons. The molecule has 0 radical (unpaired) electrons. The van der Waals surface area contributed by atoms with Gasteiger partial charge in [0.2, 0.25) is 5.91 Å². The van der Waals surface area contributed by atoms with E-state index in [1.807, 2.05) is 13.8 Å². The third-order valence-electron chi connectivity index (χ3n) is 4.55. The van der Waals surface area contributed by atoms with Crippen molar-refractivity contribution in [3.63, 3.8) is 0 Å². The molecule has 0 saturated heterocycles. The van der Waals surface area contributed by atoms with Gasteiger partial charge in [-0.25, -0.2) is 0 Å². The maximum atomic E-state index is 13.0. The van der Waals surface area contributed by atoms with Gasteiger partial charge in [0.05, 0.1) is 16.3 Å². The van der Waals surface area contributed by atoms with E-state index in [4.69, 9.17) is 11.6 Å². The molecular weight excluding hydrogens is 467 g/mol. The first-order chi connectivity index (χ1) is 15.1. The largest absolute Gasteiger partial charge is 0.417 e. The fraction of sp³-hybridized carbons (Fsp3) is 0.300. The molecule has 0 bridgehead atoms. The lowest BCUT2D eigenvalue weighted by Crippen LogP contribution is -2.30. The molecule has 0 unspecified atom stereocenters. The van der Waals surface area contributed by atoms with Crippen LogP contribution in [-0.4, -0.2) is 50.2 Å². The highest BCUT2D eigenvalue weighted by atomic mass is 35.5. The summed E-state index contributed by atoms with van der Waals surface area (Å²) < 4.78 is 40.2. The number of carbonyl (C=O) groups excluding carboxylic acids is 2. The Bertz CT molecular complexity index is 1130. The monoisotopic (exact) mass is 485 g/mol. The number of fused-ring (bicyclic) bond motifs is 1. The number of halogens is 4. The van der Waals surface area contributed by atoms with Crippen LogP contribution >= 0.6 is 23.4 Å². The van der Waals surface area contributed by atoms with E-state index in [0.29, 0.717) is 24.3 Å². The zero-order chi connectivity index (χ0) is 23.5. The van der Waals surface area contributed by atoms with Crippen molar-refractivity contribution in [2.75, 3.05) is 24.2 Å². The van der Waals surface area contributed by atoms with E-state index in [0.717, 1.165) is 28.4 Å². The molecule has 2 aromatic heterocycles. The second-order valence-corrected chi connectivity index (χ2v) is 7.99. The van der Waals surface area contributed by atoms with Crippen LogP contribution in [0.15, 0.2) is 41.7 Å². The molecule has 0 spiro atoms. The van der Waals surface area contributed by atoms with Crippen LogP contribution in [0.3, 0.4) is 0 Å². The summed E-state index contributed by atoms with van der Waals surface area (Å²) in [5.74, 6) is -0.610. The summed E-state index contributed by atoms with van der Waals surface area (Å²) in [7, 11) is 0. The molecule has 0 aliphatic rings. The maximum Gasteiger partial charge on any atom is 0.417 e. The number of nitrogens with one attached hydrogen (secondary N) is 1. The van der Waals surface area contributed by atoms with E-state index < -0.39 is 17.6 Å². The van der Waals surface area contributed by atoms with Gasteiger partial charge < -0.3 is 10.2 Å². The van der Waals surface area contributed by atoms with Crippen LogP contribution in [0.2, 0.25) is 5.02 Å². The van der Waals surface area contributed by atoms with E-state index >= 15 is 0 Å². The Morgan fingerprint density at radius 3 is 2.41 bits per heavy atom. The molecule has 3 aromatic rings. The van der Waals surface area contributed by atoms with Crippen molar-refractivity contribution in [1.29, 1.82) is 0 Å². The second kappa shape index (κ2) is 9.78. The Labute approximate surface area is 190 Å². The molecule has 32 heavy (non-hydrogen) atoms. The normalized spacial score (nSPS) is 11.6. The Morgan fingerprint density at radius 1 is 1.16 bits per heavy atom. The topological polar surface area (TPSA) is 79.6 Å². The molecule has 0 aliphatic carbocycles. The predicted molar refractivity (Wildman–Crippen MR) is 116 cm³/mol. The molecule has 0 atom stereocenters. The molecular formula is C20H19ClF3N5O2S. The highest BCUT2D eigenvalue weighted by molar-refractivity contribution is 7.99. The van der Waals surface area contributed by atoms with Crippen molar-refractivity contribution < 1.29 is 22.8 Å². The van der Waals surface area contributed by atoms with Crippen molar-refractivity contribution in [2.45, 2.75) is 25.2 Å². The van der Waals surface area contributed by atoms with Crippen LogP contribution in [0, 0.1) is 0 Å². The number of carbonyl (C=O) groups is 2. The van der Waals surface area contributed by atoms with E-state index in [1.54, 1.807) is 29.2 Å². The Hall–Kier alpha value is -2.79. The molecule has 12 heteroatoms. The van der Waals surface area contributed by atoms with Gasteiger partial charge in [-0.05, 0) is 44.2 Å². The van der Waals surface area contributed by atoms with Gasteiger partial charge in [-0.2, -0.15) is 13.2 Å². The van der Waals surface area contributed by atoms with Gasteiger partial charge in [-0.3, -0.25) is 14.0 Å². The van der Waals surface area contributed by atoms with Crippen LogP contribution in [0.1, 0.15) is 29.8 Å². The van der Waals surface area contributed by atoms with E-state index in [9.17, 15) is 22.8 Å². The van der Waals surface area contributed by atoms with E-state index in [2.05, 4.69) is 15.5 Å². The van der Waals surface area contributed by atoms with Gasteiger partial charge in [0.25, 0.3) is 5.91 Å². The summed E-state index contributed by atoms with van der Waals surface area (Å²) in [6.07, 6.45) is -3.74. The van der Waals surface area contributed by atoms with Crippen LogP contribution in [0.4, 0.5) is 18.9 Å².